The van der Waals surface area contributed by atoms with Gasteiger partial charge in [0.2, 0.25) is 5.13 Å². The van der Waals surface area contributed by atoms with Crippen LogP contribution in [-0.2, 0) is 5.75 Å². The van der Waals surface area contributed by atoms with Gasteiger partial charge in [-0.25, -0.2) is 4.98 Å². The molecule has 0 fully saturated rings. The van der Waals surface area contributed by atoms with E-state index in [1.807, 2.05) is 5.38 Å². The van der Waals surface area contributed by atoms with E-state index in [2.05, 4.69) is 15.0 Å². The van der Waals surface area contributed by atoms with Crippen LogP contribution in [0, 0.1) is 0 Å². The first-order valence-electron chi connectivity index (χ1n) is 4.54. The summed E-state index contributed by atoms with van der Waals surface area (Å²) in [5.41, 5.74) is 16.6. The van der Waals surface area contributed by atoms with Crippen molar-refractivity contribution in [3.05, 3.63) is 11.1 Å². The summed E-state index contributed by atoms with van der Waals surface area (Å²) in [6, 6.07) is 0. The maximum Gasteiger partial charge on any atom is 0.212 e. The van der Waals surface area contributed by atoms with E-state index in [9.17, 15) is 0 Å². The fraction of sp³-hybridized carbons (Fsp3) is 0.375. The van der Waals surface area contributed by atoms with Gasteiger partial charge in [-0.15, -0.1) is 11.3 Å². The third-order valence-corrected chi connectivity index (χ3v) is 3.24. The second-order valence-electron chi connectivity index (χ2n) is 2.77. The standard InChI is InChI=1S/C8H14N6S2/c9-5-12-1-2-15-3-6-4-16-8(13-6)14-7(10)11/h4-5H,1-3H2,(H2,9,12)(H4,10,11,13,14). The molecule has 0 aromatic carbocycles. The van der Waals surface area contributed by atoms with Crippen molar-refractivity contribution in [2.45, 2.75) is 5.75 Å². The van der Waals surface area contributed by atoms with Crippen LogP contribution in [0.4, 0.5) is 5.13 Å². The highest BCUT2D eigenvalue weighted by Gasteiger charge is 2.00. The topological polar surface area (TPSA) is 116 Å². The van der Waals surface area contributed by atoms with E-state index in [0.717, 1.165) is 23.7 Å². The number of hydrogen-bond donors (Lipinski definition) is 3. The van der Waals surface area contributed by atoms with E-state index in [1.54, 1.807) is 11.8 Å². The summed E-state index contributed by atoms with van der Waals surface area (Å²) >= 11 is 3.17. The van der Waals surface area contributed by atoms with Gasteiger partial charge < -0.3 is 17.2 Å². The zero-order chi connectivity index (χ0) is 11.8. The minimum Gasteiger partial charge on any atom is -0.390 e. The average Bonchev–Trinajstić information content (AvgIpc) is 2.64. The Morgan fingerprint density at radius 1 is 1.56 bits per heavy atom. The number of aliphatic imine (C=N–C) groups is 2. The van der Waals surface area contributed by atoms with E-state index in [4.69, 9.17) is 17.2 Å². The van der Waals surface area contributed by atoms with Crippen molar-refractivity contribution in [1.82, 2.24) is 4.98 Å². The van der Waals surface area contributed by atoms with Crippen LogP contribution in [0.15, 0.2) is 15.4 Å². The quantitative estimate of drug-likeness (QED) is 0.385. The van der Waals surface area contributed by atoms with Crippen molar-refractivity contribution < 1.29 is 0 Å². The van der Waals surface area contributed by atoms with Crippen molar-refractivity contribution >= 4 is 40.5 Å². The number of nitrogens with zero attached hydrogens (tertiary/aromatic N) is 3. The van der Waals surface area contributed by atoms with Crippen LogP contribution in [0.3, 0.4) is 0 Å². The first-order chi connectivity index (χ1) is 7.72. The largest absolute Gasteiger partial charge is 0.390 e. The van der Waals surface area contributed by atoms with Gasteiger partial charge in [0.25, 0.3) is 0 Å². The number of thiazole rings is 1. The Morgan fingerprint density at radius 2 is 2.38 bits per heavy atom. The fourth-order valence-corrected chi connectivity index (χ4v) is 2.44. The lowest BCUT2D eigenvalue weighted by Gasteiger charge is -1.94. The maximum atomic E-state index is 5.25. The molecule has 0 atom stereocenters. The Labute approximate surface area is 102 Å². The highest BCUT2D eigenvalue weighted by Crippen LogP contribution is 2.21. The Bertz CT molecular complexity index is 368. The highest BCUT2D eigenvalue weighted by molar-refractivity contribution is 7.98. The summed E-state index contributed by atoms with van der Waals surface area (Å²) in [6.07, 6.45) is 1.32. The minimum atomic E-state index is 0.0332. The number of thioether (sulfide) groups is 1. The number of rotatable bonds is 6. The number of nitrogens with two attached hydrogens (primary N) is 3. The van der Waals surface area contributed by atoms with Gasteiger partial charge in [0.1, 0.15) is 0 Å². The lowest BCUT2D eigenvalue weighted by Crippen LogP contribution is -2.21. The second-order valence-corrected chi connectivity index (χ2v) is 4.71. The molecular weight excluding hydrogens is 244 g/mol. The minimum absolute atomic E-state index is 0.0332. The van der Waals surface area contributed by atoms with Gasteiger partial charge in [-0.3, -0.25) is 4.99 Å². The SMILES string of the molecule is NC=NCCSCc1csc(N=C(N)N)n1. The molecule has 16 heavy (non-hydrogen) atoms. The van der Waals surface area contributed by atoms with Crippen molar-refractivity contribution in [2.24, 2.45) is 27.2 Å². The molecule has 1 heterocycles. The smallest absolute Gasteiger partial charge is 0.212 e. The molecule has 1 aromatic heterocycles. The Balaban J connectivity index is 2.32. The van der Waals surface area contributed by atoms with E-state index in [-0.39, 0.29) is 5.96 Å². The normalized spacial score (nSPS) is 10.8. The van der Waals surface area contributed by atoms with Gasteiger partial charge in [-0.1, -0.05) is 0 Å². The molecule has 0 unspecified atom stereocenters. The molecule has 0 aliphatic heterocycles. The number of hydrogen-bond acceptors (Lipinski definition) is 5. The van der Waals surface area contributed by atoms with Gasteiger partial charge in [-0.05, 0) is 0 Å². The zero-order valence-corrected chi connectivity index (χ0v) is 10.3. The molecule has 0 aliphatic carbocycles. The number of guanidine groups is 1. The predicted molar refractivity (Wildman–Crippen MR) is 71.3 cm³/mol. The molecule has 6 N–H and O–H groups in total. The van der Waals surface area contributed by atoms with Crippen LogP contribution in [-0.4, -0.2) is 29.6 Å². The monoisotopic (exact) mass is 258 g/mol. The van der Waals surface area contributed by atoms with Crippen LogP contribution < -0.4 is 17.2 Å². The van der Waals surface area contributed by atoms with E-state index < -0.39 is 0 Å². The summed E-state index contributed by atoms with van der Waals surface area (Å²) in [6.45, 7) is 0.728. The molecular formula is C8H14N6S2. The van der Waals surface area contributed by atoms with Gasteiger partial charge >= 0.3 is 0 Å². The maximum absolute atomic E-state index is 5.25. The third-order valence-electron chi connectivity index (χ3n) is 1.48. The lowest BCUT2D eigenvalue weighted by atomic mass is 10.6. The van der Waals surface area contributed by atoms with Crippen LogP contribution in [0.2, 0.25) is 0 Å². The van der Waals surface area contributed by atoms with Gasteiger partial charge in [-0.2, -0.15) is 16.8 Å². The molecule has 0 bridgehead atoms. The summed E-state index contributed by atoms with van der Waals surface area (Å²) in [5.74, 6) is 1.78. The van der Waals surface area contributed by atoms with Crippen LogP contribution in [0.25, 0.3) is 0 Å². The number of aromatic nitrogens is 1. The molecule has 0 amide bonds. The Kier molecular flexibility index (Phi) is 5.65. The lowest BCUT2D eigenvalue weighted by molar-refractivity contribution is 1.14. The summed E-state index contributed by atoms with van der Waals surface area (Å²) in [7, 11) is 0. The molecule has 88 valence electrons. The van der Waals surface area contributed by atoms with E-state index in [0.29, 0.717) is 5.13 Å². The van der Waals surface area contributed by atoms with Gasteiger partial charge in [0, 0.05) is 23.4 Å². The average molecular weight is 258 g/mol. The fourth-order valence-electron chi connectivity index (χ4n) is 0.893. The predicted octanol–water partition coefficient (Wildman–Crippen LogP) is 0.268. The first-order valence-corrected chi connectivity index (χ1v) is 6.57. The van der Waals surface area contributed by atoms with E-state index in [1.165, 1.54) is 17.7 Å². The molecule has 1 rings (SSSR count). The van der Waals surface area contributed by atoms with Gasteiger partial charge in [0.15, 0.2) is 5.96 Å². The highest BCUT2D eigenvalue weighted by atomic mass is 32.2. The van der Waals surface area contributed by atoms with E-state index >= 15 is 0 Å². The Hall–Kier alpha value is -1.28. The molecule has 1 aromatic rings. The molecule has 8 heteroatoms. The third kappa shape index (κ3) is 4.99. The Morgan fingerprint density at radius 3 is 3.06 bits per heavy atom. The van der Waals surface area contributed by atoms with Crippen LogP contribution >= 0.6 is 23.1 Å². The second kappa shape index (κ2) is 7.07. The van der Waals surface area contributed by atoms with Crippen LogP contribution in [0.5, 0.6) is 0 Å². The first kappa shape index (κ1) is 12.8. The van der Waals surface area contributed by atoms with Crippen molar-refractivity contribution in [3.8, 4) is 0 Å². The zero-order valence-electron chi connectivity index (χ0n) is 8.67. The van der Waals surface area contributed by atoms with Crippen LogP contribution in [0.1, 0.15) is 5.69 Å². The summed E-state index contributed by atoms with van der Waals surface area (Å²) in [5, 5.41) is 2.54. The summed E-state index contributed by atoms with van der Waals surface area (Å²) < 4.78 is 0. The van der Waals surface area contributed by atoms with Crippen molar-refractivity contribution in [2.75, 3.05) is 12.3 Å². The molecule has 0 saturated carbocycles. The van der Waals surface area contributed by atoms with Gasteiger partial charge in [0.05, 0.1) is 12.0 Å². The molecule has 0 saturated heterocycles. The molecule has 6 nitrogen and oxygen atoms in total. The molecule has 0 radical (unpaired) electrons. The molecule has 0 aliphatic rings. The summed E-state index contributed by atoms with van der Waals surface area (Å²) in [4.78, 5) is 12.0. The molecule has 0 spiro atoms. The van der Waals surface area contributed by atoms with Crippen molar-refractivity contribution in [1.29, 1.82) is 0 Å². The van der Waals surface area contributed by atoms with Crippen molar-refractivity contribution in [3.63, 3.8) is 0 Å².